The summed E-state index contributed by atoms with van der Waals surface area (Å²) in [7, 11) is 0. The van der Waals surface area contributed by atoms with Crippen molar-refractivity contribution in [2.45, 2.75) is 0 Å². The SMILES string of the molecule is O=C(c1ccc(Br)cc1Cl)N1CCN(CCOc2ccccc2)CC1. The molecule has 1 aliphatic rings. The monoisotopic (exact) mass is 422 g/mol. The van der Waals surface area contributed by atoms with Crippen molar-refractivity contribution < 1.29 is 9.53 Å². The summed E-state index contributed by atoms with van der Waals surface area (Å²) < 4.78 is 6.61. The summed E-state index contributed by atoms with van der Waals surface area (Å²) in [6, 6.07) is 15.2. The highest BCUT2D eigenvalue weighted by Crippen LogP contribution is 2.23. The predicted octanol–water partition coefficient (Wildman–Crippen LogP) is 3.94. The highest BCUT2D eigenvalue weighted by Gasteiger charge is 2.23. The van der Waals surface area contributed by atoms with Crippen LogP contribution in [0.4, 0.5) is 0 Å². The maximum Gasteiger partial charge on any atom is 0.255 e. The Morgan fingerprint density at radius 1 is 1.08 bits per heavy atom. The van der Waals surface area contributed by atoms with Crippen LogP contribution in [0.1, 0.15) is 10.4 Å². The fourth-order valence-electron chi connectivity index (χ4n) is 2.82. The van der Waals surface area contributed by atoms with Crippen molar-refractivity contribution in [1.29, 1.82) is 0 Å². The van der Waals surface area contributed by atoms with Crippen molar-refractivity contribution in [3.63, 3.8) is 0 Å². The van der Waals surface area contributed by atoms with Crippen molar-refractivity contribution in [3.05, 3.63) is 63.6 Å². The number of piperazine rings is 1. The summed E-state index contributed by atoms with van der Waals surface area (Å²) in [5.74, 6) is 0.888. The van der Waals surface area contributed by atoms with Gasteiger partial charge in [-0.25, -0.2) is 0 Å². The molecule has 0 N–H and O–H groups in total. The molecule has 1 fully saturated rings. The van der Waals surface area contributed by atoms with Crippen LogP contribution in [-0.4, -0.2) is 55.0 Å². The third-order valence-corrected chi connectivity index (χ3v) is 5.05. The standard InChI is InChI=1S/C19H20BrClN2O2/c20-15-6-7-17(18(21)14-15)19(24)23-10-8-22(9-11-23)12-13-25-16-4-2-1-3-5-16/h1-7,14H,8-13H2. The number of carbonyl (C=O) groups is 1. The summed E-state index contributed by atoms with van der Waals surface area (Å²) in [6.07, 6.45) is 0. The lowest BCUT2D eigenvalue weighted by Gasteiger charge is -2.34. The second-order valence-electron chi connectivity index (χ2n) is 5.92. The average Bonchev–Trinajstić information content (AvgIpc) is 2.63. The molecule has 0 bridgehead atoms. The van der Waals surface area contributed by atoms with Gasteiger partial charge in [0.2, 0.25) is 0 Å². The average molecular weight is 424 g/mol. The van der Waals surface area contributed by atoms with Crippen LogP contribution in [0, 0.1) is 0 Å². The number of hydrogen-bond acceptors (Lipinski definition) is 3. The first-order chi connectivity index (χ1) is 12.1. The van der Waals surface area contributed by atoms with Crippen LogP contribution in [0.25, 0.3) is 0 Å². The smallest absolute Gasteiger partial charge is 0.255 e. The quantitative estimate of drug-likeness (QED) is 0.730. The van der Waals surface area contributed by atoms with E-state index in [1.165, 1.54) is 0 Å². The van der Waals surface area contributed by atoms with Gasteiger partial charge in [-0.2, -0.15) is 0 Å². The molecular weight excluding hydrogens is 404 g/mol. The van der Waals surface area contributed by atoms with Gasteiger partial charge in [-0.3, -0.25) is 9.69 Å². The van der Waals surface area contributed by atoms with Gasteiger partial charge in [-0.05, 0) is 30.3 Å². The number of ether oxygens (including phenoxy) is 1. The molecule has 1 amide bonds. The van der Waals surface area contributed by atoms with E-state index in [9.17, 15) is 4.79 Å². The number of halogens is 2. The molecule has 3 rings (SSSR count). The zero-order chi connectivity index (χ0) is 17.6. The van der Waals surface area contributed by atoms with Gasteiger partial charge in [0.05, 0.1) is 10.6 Å². The Kier molecular flexibility index (Phi) is 6.34. The molecule has 0 saturated carbocycles. The van der Waals surface area contributed by atoms with Crippen LogP contribution in [0.15, 0.2) is 53.0 Å². The molecule has 0 aromatic heterocycles. The van der Waals surface area contributed by atoms with Crippen LogP contribution < -0.4 is 4.74 Å². The van der Waals surface area contributed by atoms with Crippen molar-refractivity contribution in [1.82, 2.24) is 9.80 Å². The minimum Gasteiger partial charge on any atom is -0.492 e. The summed E-state index contributed by atoms with van der Waals surface area (Å²) in [6.45, 7) is 4.61. The molecule has 0 radical (unpaired) electrons. The summed E-state index contributed by atoms with van der Waals surface area (Å²) >= 11 is 9.56. The lowest BCUT2D eigenvalue weighted by atomic mass is 10.2. The van der Waals surface area contributed by atoms with Crippen LogP contribution in [0.5, 0.6) is 5.75 Å². The zero-order valence-electron chi connectivity index (χ0n) is 13.8. The largest absolute Gasteiger partial charge is 0.492 e. The third kappa shape index (κ3) is 4.97. The molecule has 4 nitrogen and oxygen atoms in total. The number of nitrogens with zero attached hydrogens (tertiary/aromatic N) is 2. The fourth-order valence-corrected chi connectivity index (χ4v) is 3.57. The summed E-state index contributed by atoms with van der Waals surface area (Å²) in [5.41, 5.74) is 0.561. The van der Waals surface area contributed by atoms with Gasteiger partial charge in [0.1, 0.15) is 12.4 Å². The van der Waals surface area contributed by atoms with Gasteiger partial charge in [0, 0.05) is 37.2 Å². The minimum atomic E-state index is -0.00214. The molecule has 2 aromatic carbocycles. The van der Waals surface area contributed by atoms with Crippen molar-refractivity contribution in [2.24, 2.45) is 0 Å². The van der Waals surface area contributed by atoms with E-state index < -0.39 is 0 Å². The Labute approximate surface area is 161 Å². The van der Waals surface area contributed by atoms with E-state index in [-0.39, 0.29) is 5.91 Å². The Morgan fingerprint density at radius 3 is 2.48 bits per heavy atom. The van der Waals surface area contributed by atoms with Crippen molar-refractivity contribution in [2.75, 3.05) is 39.3 Å². The number of para-hydroxylation sites is 1. The molecule has 0 aliphatic carbocycles. The number of benzene rings is 2. The number of hydrogen-bond donors (Lipinski definition) is 0. The molecule has 0 unspecified atom stereocenters. The van der Waals surface area contributed by atoms with Crippen LogP contribution in [0.2, 0.25) is 5.02 Å². The lowest BCUT2D eigenvalue weighted by Crippen LogP contribution is -2.49. The Balaban J connectivity index is 1.46. The number of amides is 1. The topological polar surface area (TPSA) is 32.8 Å². The van der Waals surface area contributed by atoms with Gasteiger partial charge in [0.25, 0.3) is 5.91 Å². The Hall–Kier alpha value is -1.56. The zero-order valence-corrected chi connectivity index (χ0v) is 16.2. The van der Waals surface area contributed by atoms with Crippen LogP contribution >= 0.6 is 27.5 Å². The second kappa shape index (κ2) is 8.70. The highest BCUT2D eigenvalue weighted by molar-refractivity contribution is 9.10. The van der Waals surface area contributed by atoms with E-state index in [0.717, 1.165) is 29.9 Å². The first kappa shape index (κ1) is 18.2. The summed E-state index contributed by atoms with van der Waals surface area (Å²) in [5, 5.41) is 0.484. The van der Waals surface area contributed by atoms with Crippen LogP contribution in [0.3, 0.4) is 0 Å². The van der Waals surface area contributed by atoms with Crippen LogP contribution in [-0.2, 0) is 0 Å². The molecule has 1 heterocycles. The van der Waals surface area contributed by atoms with Gasteiger partial charge >= 0.3 is 0 Å². The van der Waals surface area contributed by atoms with E-state index in [0.29, 0.717) is 30.3 Å². The molecule has 1 aliphatic heterocycles. The van der Waals surface area contributed by atoms with Gasteiger partial charge < -0.3 is 9.64 Å². The number of carbonyl (C=O) groups excluding carboxylic acids is 1. The molecule has 1 saturated heterocycles. The van der Waals surface area contributed by atoms with E-state index in [4.69, 9.17) is 16.3 Å². The van der Waals surface area contributed by atoms with Gasteiger partial charge in [-0.1, -0.05) is 45.7 Å². The number of rotatable bonds is 5. The molecule has 2 aromatic rings. The molecule has 6 heteroatoms. The van der Waals surface area contributed by atoms with E-state index >= 15 is 0 Å². The maximum absolute atomic E-state index is 12.6. The Bertz CT molecular complexity index is 719. The highest BCUT2D eigenvalue weighted by atomic mass is 79.9. The summed E-state index contributed by atoms with van der Waals surface area (Å²) in [4.78, 5) is 16.8. The Morgan fingerprint density at radius 2 is 1.80 bits per heavy atom. The van der Waals surface area contributed by atoms with E-state index in [1.54, 1.807) is 12.1 Å². The fraction of sp³-hybridized carbons (Fsp3) is 0.316. The molecule has 0 atom stereocenters. The first-order valence-corrected chi connectivity index (χ1v) is 9.45. The first-order valence-electron chi connectivity index (χ1n) is 8.28. The molecule has 25 heavy (non-hydrogen) atoms. The lowest BCUT2D eigenvalue weighted by molar-refractivity contribution is 0.0620. The van der Waals surface area contributed by atoms with E-state index in [2.05, 4.69) is 20.8 Å². The predicted molar refractivity (Wildman–Crippen MR) is 103 cm³/mol. The van der Waals surface area contributed by atoms with Crippen molar-refractivity contribution in [3.8, 4) is 5.75 Å². The van der Waals surface area contributed by atoms with Gasteiger partial charge in [-0.15, -0.1) is 0 Å². The minimum absolute atomic E-state index is 0.00214. The van der Waals surface area contributed by atoms with E-state index in [1.807, 2.05) is 41.3 Å². The molecule has 132 valence electrons. The molecular formula is C19H20BrClN2O2. The van der Waals surface area contributed by atoms with Crippen molar-refractivity contribution >= 4 is 33.4 Å². The molecule has 0 spiro atoms. The third-order valence-electron chi connectivity index (χ3n) is 4.24. The van der Waals surface area contributed by atoms with Gasteiger partial charge in [0.15, 0.2) is 0 Å². The second-order valence-corrected chi connectivity index (χ2v) is 7.24. The normalized spacial score (nSPS) is 15.2. The maximum atomic E-state index is 12.6.